The van der Waals surface area contributed by atoms with E-state index in [4.69, 9.17) is 18.9 Å². The summed E-state index contributed by atoms with van der Waals surface area (Å²) in [6, 6.07) is 8.06. The number of hydrogen-bond donors (Lipinski definition) is 5. The molecule has 4 heterocycles. The van der Waals surface area contributed by atoms with Crippen LogP contribution in [0.1, 0.15) is 99.3 Å². The number of ether oxygens (including phenoxy) is 4. The van der Waals surface area contributed by atoms with Crippen molar-refractivity contribution in [3.63, 3.8) is 0 Å². The van der Waals surface area contributed by atoms with Gasteiger partial charge in [-0.3, -0.25) is 9.80 Å². The Morgan fingerprint density at radius 1 is 0.679 bits per heavy atom. The van der Waals surface area contributed by atoms with Crippen molar-refractivity contribution >= 4 is 0 Å². The molecule has 2 aromatic carbocycles. The smallest absolute Gasteiger partial charge is 0.166 e. The second kappa shape index (κ2) is 12.9. The van der Waals surface area contributed by atoms with E-state index in [0.29, 0.717) is 50.4 Å². The minimum absolute atomic E-state index is 0.0819. The van der Waals surface area contributed by atoms with E-state index in [1.54, 1.807) is 13.2 Å². The first kappa shape index (κ1) is 36.4. The quantitative estimate of drug-likeness (QED) is 0.251. The van der Waals surface area contributed by atoms with Gasteiger partial charge in [-0.15, -0.1) is 0 Å². The number of methoxy groups -OCH3 is 1. The second-order valence-electron chi connectivity index (χ2n) is 19.3. The number of aliphatic hydroxyl groups is 4. The Morgan fingerprint density at radius 2 is 1.20 bits per heavy atom. The average Bonchev–Trinajstić information content (AvgIpc) is 3.70. The Bertz CT molecular complexity index is 1890. The molecule has 10 atom stereocenters. The maximum atomic E-state index is 12.3. The Hall–Kier alpha value is -2.64. The summed E-state index contributed by atoms with van der Waals surface area (Å²) in [5.41, 5.74) is 1.69. The Morgan fingerprint density at radius 3 is 1.71 bits per heavy atom. The van der Waals surface area contributed by atoms with E-state index < -0.39 is 46.4 Å². The SMILES string of the molecule is COCCOc1ccc2c3c1OC1[C@@H](O)CC[C@@]4(O)[C@@H](C2)N(CC2CCC2)CC[C@]314.Oc1ccc2c3c1OC1[C@@H](O)CC[C@@]4(O)[C@@H](C2)N(CC2CCC2)CC[C@]314. The van der Waals surface area contributed by atoms with Gasteiger partial charge >= 0.3 is 0 Å². The normalized spacial score (nSPS) is 41.2. The molecule has 2 aromatic rings. The zero-order valence-electron chi connectivity index (χ0n) is 32.8. The van der Waals surface area contributed by atoms with Crippen LogP contribution in [-0.4, -0.2) is 130 Å². The summed E-state index contributed by atoms with van der Waals surface area (Å²) >= 11 is 0. The molecule has 6 fully saturated rings. The number of likely N-dealkylation sites (tertiary alicyclic amines) is 2. The highest BCUT2D eigenvalue weighted by Crippen LogP contribution is 2.67. The number of benzene rings is 2. The van der Waals surface area contributed by atoms with Gasteiger partial charge in [-0.05, 0) is 125 Å². The van der Waals surface area contributed by atoms with Gasteiger partial charge < -0.3 is 44.5 Å². The van der Waals surface area contributed by atoms with E-state index in [1.807, 2.05) is 12.1 Å². The van der Waals surface area contributed by atoms with Crippen LogP contribution in [-0.2, 0) is 28.4 Å². The van der Waals surface area contributed by atoms with Gasteiger partial charge in [-0.25, -0.2) is 0 Å². The summed E-state index contributed by atoms with van der Waals surface area (Å²) in [7, 11) is 1.66. The lowest BCUT2D eigenvalue weighted by atomic mass is 9.48. The van der Waals surface area contributed by atoms with Gasteiger partial charge in [-0.2, -0.15) is 0 Å². The minimum Gasteiger partial charge on any atom is -0.504 e. The maximum absolute atomic E-state index is 12.3. The van der Waals surface area contributed by atoms with Crippen LogP contribution in [0.25, 0.3) is 0 Å². The zero-order chi connectivity index (χ0) is 38.2. The molecular formula is C45H60N2O9. The van der Waals surface area contributed by atoms with Crippen LogP contribution < -0.4 is 14.2 Å². The fourth-order valence-corrected chi connectivity index (χ4v) is 14.0. The number of nitrogens with zero attached hydrogens (tertiary/aromatic N) is 2. The largest absolute Gasteiger partial charge is 0.504 e. The fourth-order valence-electron chi connectivity index (χ4n) is 14.0. The number of rotatable bonds is 8. The highest BCUT2D eigenvalue weighted by Gasteiger charge is 2.74. The van der Waals surface area contributed by atoms with E-state index in [-0.39, 0.29) is 17.8 Å². The predicted molar refractivity (Wildman–Crippen MR) is 207 cm³/mol. The summed E-state index contributed by atoms with van der Waals surface area (Å²) in [6.07, 6.45) is 11.6. The maximum Gasteiger partial charge on any atom is 0.166 e. The number of piperidine rings is 2. The van der Waals surface area contributed by atoms with Crippen LogP contribution in [0.4, 0.5) is 0 Å². The summed E-state index contributed by atoms with van der Waals surface area (Å²) in [5, 5.41) is 56.5. The van der Waals surface area contributed by atoms with Crippen molar-refractivity contribution in [2.24, 2.45) is 11.8 Å². The van der Waals surface area contributed by atoms with E-state index in [0.717, 1.165) is 80.6 Å². The van der Waals surface area contributed by atoms with Crippen molar-refractivity contribution in [2.45, 2.75) is 148 Å². The van der Waals surface area contributed by atoms with Crippen molar-refractivity contribution in [1.29, 1.82) is 0 Å². The summed E-state index contributed by atoms with van der Waals surface area (Å²) in [6.45, 7) is 5.03. The van der Waals surface area contributed by atoms with Gasteiger partial charge in [0.15, 0.2) is 23.0 Å². The lowest BCUT2D eigenvalue weighted by molar-refractivity contribution is -0.209. The van der Waals surface area contributed by atoms with Crippen LogP contribution in [0.15, 0.2) is 24.3 Å². The molecule has 12 rings (SSSR count). The molecular weight excluding hydrogens is 712 g/mol. The van der Waals surface area contributed by atoms with Crippen LogP contribution >= 0.6 is 0 Å². The molecule has 0 radical (unpaired) electrons. The molecule has 11 nitrogen and oxygen atoms in total. The highest BCUT2D eigenvalue weighted by atomic mass is 16.6. The molecule has 4 aliphatic heterocycles. The van der Waals surface area contributed by atoms with E-state index in [1.165, 1.54) is 49.7 Å². The average molecular weight is 773 g/mol. The molecule has 6 aliphatic carbocycles. The predicted octanol–water partition coefficient (Wildman–Crippen LogP) is 3.73. The summed E-state index contributed by atoms with van der Waals surface area (Å²) in [5.74, 6) is 3.66. The minimum atomic E-state index is -0.884. The van der Waals surface area contributed by atoms with E-state index in [2.05, 4.69) is 15.9 Å². The molecule has 56 heavy (non-hydrogen) atoms. The van der Waals surface area contributed by atoms with E-state index in [9.17, 15) is 25.5 Å². The standard InChI is InChI=1S/C24H33NO5.C21H27NO4/c1-28-11-12-29-18-6-5-16-13-19-24(27)8-7-17(26)22-23(24,20(16)21(18)30-22)9-10-25(19)14-15-3-2-4-15;23-14-5-4-13-10-16-21(25)7-6-15(24)19-20(21,17(13)18(14)26-19)8-9-22(16)11-12-2-1-3-12/h5-6,15,17,19,22,26-27H,2-4,7-14H2,1H3;4-5,12,15-16,19,23-25H,1-3,6-11H2/t17-,19+,22?,23-,24+;15-,16+,19?,20-,21+/m00/s1. The van der Waals surface area contributed by atoms with Gasteiger partial charge in [0.1, 0.15) is 18.8 Å². The Labute approximate surface area is 329 Å². The number of aromatic hydroxyl groups is 1. The molecule has 0 amide bonds. The number of hydrogen-bond acceptors (Lipinski definition) is 11. The van der Waals surface area contributed by atoms with Gasteiger partial charge in [0.05, 0.1) is 40.8 Å². The van der Waals surface area contributed by atoms with Crippen molar-refractivity contribution in [2.75, 3.05) is 46.5 Å². The van der Waals surface area contributed by atoms with Gasteiger partial charge in [-0.1, -0.05) is 25.0 Å². The van der Waals surface area contributed by atoms with Crippen LogP contribution in [0, 0.1) is 11.8 Å². The molecule has 4 bridgehead atoms. The topological polar surface area (TPSA) is 145 Å². The first-order valence-electron chi connectivity index (χ1n) is 21.9. The Kier molecular flexibility index (Phi) is 8.41. The lowest BCUT2D eigenvalue weighted by Crippen LogP contribution is -2.77. The van der Waals surface area contributed by atoms with Crippen LogP contribution in [0.3, 0.4) is 0 Å². The van der Waals surface area contributed by atoms with Gasteiger partial charge in [0.2, 0.25) is 0 Å². The van der Waals surface area contributed by atoms with Gasteiger partial charge in [0, 0.05) is 43.4 Å². The van der Waals surface area contributed by atoms with Crippen LogP contribution in [0.5, 0.6) is 23.0 Å². The third-order valence-corrected chi connectivity index (χ3v) is 17.0. The molecule has 2 saturated heterocycles. The Balaban J connectivity index is 0.000000131. The summed E-state index contributed by atoms with van der Waals surface area (Å²) < 4.78 is 23.7. The van der Waals surface area contributed by atoms with Crippen molar-refractivity contribution in [1.82, 2.24) is 9.80 Å². The number of phenols is 1. The lowest BCUT2D eigenvalue weighted by Gasteiger charge is -2.64. The third kappa shape index (κ3) is 4.71. The molecule has 0 aromatic heterocycles. The van der Waals surface area contributed by atoms with Crippen molar-refractivity contribution < 1.29 is 44.5 Å². The molecule has 2 unspecified atom stereocenters. The van der Waals surface area contributed by atoms with E-state index >= 15 is 0 Å². The molecule has 304 valence electrons. The van der Waals surface area contributed by atoms with Crippen LogP contribution in [0.2, 0.25) is 0 Å². The van der Waals surface area contributed by atoms with Gasteiger partial charge in [0.25, 0.3) is 0 Å². The second-order valence-corrected chi connectivity index (χ2v) is 19.3. The molecule has 11 heteroatoms. The highest BCUT2D eigenvalue weighted by molar-refractivity contribution is 5.64. The first-order chi connectivity index (χ1) is 27.1. The number of aliphatic hydroxyl groups excluding tert-OH is 2. The molecule has 2 spiro atoms. The molecule has 5 N–H and O–H groups in total. The fraction of sp³-hybridized carbons (Fsp3) is 0.733. The molecule has 4 saturated carbocycles. The zero-order valence-corrected chi connectivity index (χ0v) is 32.8. The summed E-state index contributed by atoms with van der Waals surface area (Å²) in [4.78, 5) is 5.09. The van der Waals surface area contributed by atoms with Crippen molar-refractivity contribution in [3.8, 4) is 23.0 Å². The number of phenolic OH excluding ortho intramolecular Hbond substituents is 1. The first-order valence-corrected chi connectivity index (χ1v) is 21.9. The third-order valence-electron chi connectivity index (χ3n) is 17.0. The monoisotopic (exact) mass is 772 g/mol. The molecule has 10 aliphatic rings. The van der Waals surface area contributed by atoms with Crippen molar-refractivity contribution in [3.05, 3.63) is 46.5 Å².